The number of nitrogens with one attached hydrogen (secondary N) is 1. The molecule has 0 atom stereocenters. The van der Waals surface area contributed by atoms with Crippen LogP contribution < -0.4 is 14.2 Å². The number of fused-ring (bicyclic) bond motifs is 1. The van der Waals surface area contributed by atoms with E-state index in [4.69, 9.17) is 14.2 Å². The smallest absolute Gasteiger partial charge is 0.203 e. The first-order valence-electron chi connectivity index (χ1n) is 6.36. The summed E-state index contributed by atoms with van der Waals surface area (Å²) in [5.41, 5.74) is 3.42. The van der Waals surface area contributed by atoms with Gasteiger partial charge in [0.2, 0.25) is 5.75 Å². The number of H-pyrrole nitrogens is 1. The third kappa shape index (κ3) is 2.24. The van der Waals surface area contributed by atoms with Gasteiger partial charge in [0.05, 0.1) is 33.2 Å². The average molecular weight is 285 g/mol. The van der Waals surface area contributed by atoms with Crippen molar-refractivity contribution >= 4 is 11.2 Å². The number of nitrogens with zero attached hydrogens (tertiary/aromatic N) is 2. The van der Waals surface area contributed by atoms with Crippen molar-refractivity contribution in [2.24, 2.45) is 0 Å². The first-order valence-corrected chi connectivity index (χ1v) is 6.36. The topological polar surface area (TPSA) is 69.3 Å². The van der Waals surface area contributed by atoms with Crippen molar-refractivity contribution in [3.05, 3.63) is 30.7 Å². The molecule has 0 saturated heterocycles. The third-order valence-electron chi connectivity index (χ3n) is 3.27. The highest BCUT2D eigenvalue weighted by Gasteiger charge is 2.14. The number of hydrogen-bond acceptors (Lipinski definition) is 5. The Labute approximate surface area is 121 Å². The summed E-state index contributed by atoms with van der Waals surface area (Å²) in [4.78, 5) is 11.5. The number of hydrogen-bond donors (Lipinski definition) is 1. The molecule has 0 bridgehead atoms. The zero-order chi connectivity index (χ0) is 14.8. The zero-order valence-electron chi connectivity index (χ0n) is 12.0. The fraction of sp³-hybridized carbons (Fsp3) is 0.200. The van der Waals surface area contributed by atoms with Crippen molar-refractivity contribution in [2.45, 2.75) is 0 Å². The Morgan fingerprint density at radius 3 is 2.19 bits per heavy atom. The van der Waals surface area contributed by atoms with Crippen molar-refractivity contribution in [1.82, 2.24) is 15.0 Å². The predicted octanol–water partition coefficient (Wildman–Crippen LogP) is 2.65. The molecule has 0 fully saturated rings. The van der Waals surface area contributed by atoms with Crippen LogP contribution >= 0.6 is 0 Å². The second kappa shape index (κ2) is 5.32. The summed E-state index contributed by atoms with van der Waals surface area (Å²) in [6.45, 7) is 0. The van der Waals surface area contributed by atoms with Gasteiger partial charge in [-0.25, -0.2) is 9.97 Å². The first-order chi connectivity index (χ1) is 10.3. The van der Waals surface area contributed by atoms with Crippen LogP contribution in [0.5, 0.6) is 17.2 Å². The Morgan fingerprint density at radius 2 is 1.57 bits per heavy atom. The summed E-state index contributed by atoms with van der Waals surface area (Å²) >= 11 is 0. The van der Waals surface area contributed by atoms with E-state index in [1.165, 1.54) is 0 Å². The summed E-state index contributed by atoms with van der Waals surface area (Å²) in [7, 11) is 4.77. The molecule has 2 heterocycles. The molecule has 0 aliphatic carbocycles. The highest BCUT2D eigenvalue weighted by atomic mass is 16.5. The van der Waals surface area contributed by atoms with E-state index < -0.39 is 0 Å². The van der Waals surface area contributed by atoms with Gasteiger partial charge in [-0.3, -0.25) is 0 Å². The molecule has 0 aliphatic rings. The quantitative estimate of drug-likeness (QED) is 0.798. The van der Waals surface area contributed by atoms with Gasteiger partial charge in [-0.2, -0.15) is 0 Å². The van der Waals surface area contributed by atoms with Gasteiger partial charge in [-0.05, 0) is 23.8 Å². The van der Waals surface area contributed by atoms with Crippen molar-refractivity contribution in [1.29, 1.82) is 0 Å². The molecule has 1 N–H and O–H groups in total. The average Bonchev–Trinajstić information content (AvgIpc) is 3.00. The molecule has 0 amide bonds. The van der Waals surface area contributed by atoms with Crippen LogP contribution in [-0.4, -0.2) is 36.3 Å². The number of ether oxygens (including phenoxy) is 3. The van der Waals surface area contributed by atoms with Crippen molar-refractivity contribution in [3.8, 4) is 28.4 Å². The van der Waals surface area contributed by atoms with Crippen LogP contribution in [0.15, 0.2) is 30.7 Å². The Morgan fingerprint density at radius 1 is 0.857 bits per heavy atom. The zero-order valence-corrected chi connectivity index (χ0v) is 12.0. The fourth-order valence-corrected chi connectivity index (χ4v) is 2.24. The molecule has 0 radical (unpaired) electrons. The Hall–Kier alpha value is -2.76. The number of imidazole rings is 1. The maximum absolute atomic E-state index is 5.37. The molecule has 3 rings (SSSR count). The molecule has 21 heavy (non-hydrogen) atoms. The number of methoxy groups -OCH3 is 3. The second-order valence-electron chi connectivity index (χ2n) is 4.41. The maximum Gasteiger partial charge on any atom is 0.203 e. The monoisotopic (exact) mass is 285 g/mol. The number of benzene rings is 1. The molecule has 1 aromatic carbocycles. The molecule has 0 unspecified atom stereocenters. The molecular weight excluding hydrogens is 270 g/mol. The lowest BCUT2D eigenvalue weighted by molar-refractivity contribution is 0.324. The van der Waals surface area contributed by atoms with Gasteiger partial charge >= 0.3 is 0 Å². The second-order valence-corrected chi connectivity index (χ2v) is 4.41. The van der Waals surface area contributed by atoms with Crippen LogP contribution in [0.25, 0.3) is 22.3 Å². The molecule has 0 saturated carbocycles. The summed E-state index contributed by atoms with van der Waals surface area (Å²) in [5, 5.41) is 0. The van der Waals surface area contributed by atoms with Crippen LogP contribution in [0, 0.1) is 0 Å². The van der Waals surface area contributed by atoms with E-state index in [1.807, 2.05) is 18.2 Å². The van der Waals surface area contributed by atoms with Gasteiger partial charge in [0.1, 0.15) is 0 Å². The largest absolute Gasteiger partial charge is 0.493 e. The molecule has 2 aromatic heterocycles. The summed E-state index contributed by atoms with van der Waals surface area (Å²) < 4.78 is 16.1. The summed E-state index contributed by atoms with van der Waals surface area (Å²) in [5.74, 6) is 1.78. The number of pyridine rings is 1. The van der Waals surface area contributed by atoms with Crippen molar-refractivity contribution < 1.29 is 14.2 Å². The third-order valence-corrected chi connectivity index (χ3v) is 3.27. The Kier molecular flexibility index (Phi) is 3.35. The highest BCUT2D eigenvalue weighted by molar-refractivity contribution is 5.79. The number of aromatic nitrogens is 3. The molecular formula is C15H15N3O3. The molecule has 0 aliphatic heterocycles. The summed E-state index contributed by atoms with van der Waals surface area (Å²) in [6, 6.07) is 5.76. The van der Waals surface area contributed by atoms with E-state index in [-0.39, 0.29) is 0 Å². The lowest BCUT2D eigenvalue weighted by Gasteiger charge is -2.14. The Bertz CT molecular complexity index is 758. The van der Waals surface area contributed by atoms with Gasteiger partial charge in [-0.1, -0.05) is 0 Å². The van der Waals surface area contributed by atoms with Gasteiger partial charge in [0.15, 0.2) is 17.1 Å². The summed E-state index contributed by atoms with van der Waals surface area (Å²) in [6.07, 6.45) is 3.39. The molecule has 3 aromatic rings. The number of aromatic amines is 1. The van der Waals surface area contributed by atoms with Crippen LogP contribution in [0.1, 0.15) is 0 Å². The minimum absolute atomic E-state index is 0.569. The maximum atomic E-state index is 5.37. The SMILES string of the molecule is COc1cc(-c2cnc3nc[nH]c3c2)cc(OC)c1OC. The van der Waals surface area contributed by atoms with Crippen molar-refractivity contribution in [2.75, 3.05) is 21.3 Å². The van der Waals surface area contributed by atoms with Gasteiger partial charge in [0, 0.05) is 11.8 Å². The van der Waals surface area contributed by atoms with E-state index in [0.717, 1.165) is 16.6 Å². The molecule has 0 spiro atoms. The lowest BCUT2D eigenvalue weighted by Crippen LogP contribution is -1.95. The van der Waals surface area contributed by atoms with Gasteiger partial charge in [-0.15, -0.1) is 0 Å². The molecule has 108 valence electrons. The number of rotatable bonds is 4. The Balaban J connectivity index is 2.16. The van der Waals surface area contributed by atoms with Crippen LogP contribution in [0.3, 0.4) is 0 Å². The normalized spacial score (nSPS) is 10.6. The molecule has 6 heteroatoms. The highest BCUT2D eigenvalue weighted by Crippen LogP contribution is 2.41. The van der Waals surface area contributed by atoms with Crippen LogP contribution in [0.4, 0.5) is 0 Å². The van der Waals surface area contributed by atoms with E-state index in [2.05, 4.69) is 15.0 Å². The first kappa shape index (κ1) is 13.2. The van der Waals surface area contributed by atoms with E-state index in [9.17, 15) is 0 Å². The van der Waals surface area contributed by atoms with E-state index in [1.54, 1.807) is 33.9 Å². The lowest BCUT2D eigenvalue weighted by atomic mass is 10.1. The fourth-order valence-electron chi connectivity index (χ4n) is 2.24. The van der Waals surface area contributed by atoms with Gasteiger partial charge in [0.25, 0.3) is 0 Å². The van der Waals surface area contributed by atoms with Crippen LogP contribution in [-0.2, 0) is 0 Å². The van der Waals surface area contributed by atoms with E-state index in [0.29, 0.717) is 22.9 Å². The standard InChI is InChI=1S/C15H15N3O3/c1-19-12-5-9(6-13(20-2)14(12)21-3)10-4-11-15(16-7-10)18-8-17-11/h4-8H,1-3H3,(H,16,17,18). The minimum Gasteiger partial charge on any atom is -0.493 e. The van der Waals surface area contributed by atoms with Crippen molar-refractivity contribution in [3.63, 3.8) is 0 Å². The van der Waals surface area contributed by atoms with Gasteiger partial charge < -0.3 is 19.2 Å². The molecule has 6 nitrogen and oxygen atoms in total. The van der Waals surface area contributed by atoms with E-state index >= 15 is 0 Å². The predicted molar refractivity (Wildman–Crippen MR) is 79.0 cm³/mol. The minimum atomic E-state index is 0.569. The van der Waals surface area contributed by atoms with Crippen LogP contribution in [0.2, 0.25) is 0 Å².